The Labute approximate surface area is 101 Å². The van der Waals surface area contributed by atoms with Crippen LogP contribution in [0, 0.1) is 0 Å². The number of alkyl halides is 3. The zero-order valence-electron chi connectivity index (χ0n) is 9.42. The highest BCUT2D eigenvalue weighted by molar-refractivity contribution is 5.91. The number of carbonyl (C=O) groups excluding carboxylic acids is 1. The first-order chi connectivity index (χ1) is 8.34. The molecule has 0 atom stereocenters. The van der Waals surface area contributed by atoms with Crippen LogP contribution in [0.1, 0.15) is 18.1 Å². The third-order valence-corrected chi connectivity index (χ3v) is 2.00. The van der Waals surface area contributed by atoms with Gasteiger partial charge in [-0.05, 0) is 30.7 Å². The number of benzene rings is 1. The van der Waals surface area contributed by atoms with Crippen LogP contribution in [-0.4, -0.2) is 12.6 Å². The van der Waals surface area contributed by atoms with E-state index in [1.54, 1.807) is 0 Å². The van der Waals surface area contributed by atoms with Gasteiger partial charge in [-0.1, -0.05) is 12.1 Å². The second-order valence-electron chi connectivity index (χ2n) is 3.33. The highest BCUT2D eigenvalue weighted by Gasteiger charge is 2.29. The maximum Gasteiger partial charge on any atom is 0.416 e. The Morgan fingerprint density at radius 3 is 2.28 bits per heavy atom. The van der Waals surface area contributed by atoms with Crippen molar-refractivity contribution < 1.29 is 27.1 Å². The van der Waals surface area contributed by atoms with Gasteiger partial charge in [0.25, 0.3) is 0 Å². The van der Waals surface area contributed by atoms with E-state index < -0.39 is 23.5 Å². The second-order valence-corrected chi connectivity index (χ2v) is 3.33. The topological polar surface area (TPSA) is 26.3 Å². The molecule has 0 saturated heterocycles. The first-order valence-electron chi connectivity index (χ1n) is 5.06. The van der Waals surface area contributed by atoms with Gasteiger partial charge in [0, 0.05) is 0 Å². The molecule has 0 aliphatic heterocycles. The van der Waals surface area contributed by atoms with Crippen LogP contribution in [0.3, 0.4) is 0 Å². The Morgan fingerprint density at radius 2 is 1.83 bits per heavy atom. The van der Waals surface area contributed by atoms with E-state index in [0.29, 0.717) is 0 Å². The lowest BCUT2D eigenvalue weighted by atomic mass is 10.1. The third kappa shape index (κ3) is 3.87. The van der Waals surface area contributed by atoms with Gasteiger partial charge in [0.05, 0.1) is 12.2 Å². The SMILES string of the molecule is CCOC(=O)/C(F)=C/c1ccc(C(F)(F)F)cc1. The van der Waals surface area contributed by atoms with E-state index in [9.17, 15) is 22.4 Å². The minimum Gasteiger partial charge on any atom is -0.461 e. The molecule has 0 N–H and O–H groups in total. The van der Waals surface area contributed by atoms with Crippen molar-refractivity contribution in [1.29, 1.82) is 0 Å². The smallest absolute Gasteiger partial charge is 0.416 e. The minimum absolute atomic E-state index is 0.0209. The van der Waals surface area contributed by atoms with Gasteiger partial charge in [-0.2, -0.15) is 17.6 Å². The molecule has 98 valence electrons. The third-order valence-electron chi connectivity index (χ3n) is 2.00. The highest BCUT2D eigenvalue weighted by Crippen LogP contribution is 2.29. The van der Waals surface area contributed by atoms with Crippen LogP contribution in [0.5, 0.6) is 0 Å². The first-order valence-corrected chi connectivity index (χ1v) is 5.06. The Morgan fingerprint density at radius 1 is 1.28 bits per heavy atom. The van der Waals surface area contributed by atoms with E-state index in [1.165, 1.54) is 6.92 Å². The van der Waals surface area contributed by atoms with E-state index in [2.05, 4.69) is 4.74 Å². The average Bonchev–Trinajstić information content (AvgIpc) is 2.28. The standard InChI is InChI=1S/C12H10F4O2/c1-2-18-11(17)10(13)7-8-3-5-9(6-4-8)12(14,15)16/h3-7H,2H2,1H3/b10-7-. The van der Waals surface area contributed by atoms with E-state index in [0.717, 1.165) is 30.3 Å². The molecular formula is C12H10F4O2. The van der Waals surface area contributed by atoms with Crippen LogP contribution in [0.25, 0.3) is 6.08 Å². The maximum absolute atomic E-state index is 13.2. The normalized spacial score (nSPS) is 12.4. The van der Waals surface area contributed by atoms with Crippen LogP contribution in [0.15, 0.2) is 30.1 Å². The quantitative estimate of drug-likeness (QED) is 0.473. The number of hydrogen-bond acceptors (Lipinski definition) is 2. The molecule has 0 saturated carbocycles. The van der Waals surface area contributed by atoms with E-state index >= 15 is 0 Å². The molecule has 2 nitrogen and oxygen atoms in total. The minimum atomic E-state index is -4.44. The van der Waals surface area contributed by atoms with Crippen LogP contribution >= 0.6 is 0 Å². The van der Waals surface area contributed by atoms with Crippen molar-refractivity contribution >= 4 is 12.0 Å². The molecule has 18 heavy (non-hydrogen) atoms. The Bertz CT molecular complexity index is 446. The monoisotopic (exact) mass is 262 g/mol. The Hall–Kier alpha value is -1.85. The predicted molar refractivity (Wildman–Crippen MR) is 57.2 cm³/mol. The number of rotatable bonds is 3. The van der Waals surface area contributed by atoms with E-state index in [-0.39, 0.29) is 12.2 Å². The largest absolute Gasteiger partial charge is 0.461 e. The van der Waals surface area contributed by atoms with Crippen molar-refractivity contribution in [1.82, 2.24) is 0 Å². The number of esters is 1. The van der Waals surface area contributed by atoms with Gasteiger partial charge < -0.3 is 4.74 Å². The zero-order valence-corrected chi connectivity index (χ0v) is 9.42. The molecule has 0 amide bonds. The summed E-state index contributed by atoms with van der Waals surface area (Å²) >= 11 is 0. The van der Waals surface area contributed by atoms with Gasteiger partial charge >= 0.3 is 12.1 Å². The van der Waals surface area contributed by atoms with Crippen molar-refractivity contribution in [3.8, 4) is 0 Å². The summed E-state index contributed by atoms with van der Waals surface area (Å²) in [6.45, 7) is 1.54. The fourth-order valence-corrected chi connectivity index (χ4v) is 1.17. The summed E-state index contributed by atoms with van der Waals surface area (Å²) in [6, 6.07) is 3.76. The molecule has 1 aromatic carbocycles. The summed E-state index contributed by atoms with van der Waals surface area (Å²) in [5.41, 5.74) is -0.690. The fourth-order valence-electron chi connectivity index (χ4n) is 1.17. The van der Waals surface area contributed by atoms with Crippen molar-refractivity contribution in [2.45, 2.75) is 13.1 Å². The van der Waals surface area contributed by atoms with Gasteiger partial charge in [0.15, 0.2) is 0 Å². The summed E-state index contributed by atoms with van der Waals surface area (Å²) in [5, 5.41) is 0. The summed E-state index contributed by atoms with van der Waals surface area (Å²) in [6.07, 6.45) is -3.62. The predicted octanol–water partition coefficient (Wildman–Crippen LogP) is 3.58. The lowest BCUT2D eigenvalue weighted by Crippen LogP contribution is -2.05. The Balaban J connectivity index is 2.87. The van der Waals surface area contributed by atoms with Crippen molar-refractivity contribution in [2.24, 2.45) is 0 Å². The average molecular weight is 262 g/mol. The van der Waals surface area contributed by atoms with E-state index in [1.807, 2.05) is 0 Å². The summed E-state index contributed by atoms with van der Waals surface area (Å²) in [5.74, 6) is -2.30. The van der Waals surface area contributed by atoms with Crippen LogP contribution in [0.2, 0.25) is 0 Å². The van der Waals surface area contributed by atoms with Gasteiger partial charge in [-0.3, -0.25) is 0 Å². The summed E-state index contributed by atoms with van der Waals surface area (Å²) in [4.78, 5) is 10.9. The maximum atomic E-state index is 13.2. The number of ether oxygens (including phenoxy) is 1. The molecule has 0 fully saturated rings. The number of carbonyl (C=O) groups is 1. The first kappa shape index (κ1) is 14.2. The van der Waals surface area contributed by atoms with Crippen molar-refractivity contribution in [3.63, 3.8) is 0 Å². The summed E-state index contributed by atoms with van der Waals surface area (Å²) in [7, 11) is 0. The van der Waals surface area contributed by atoms with Gasteiger partial charge in [-0.15, -0.1) is 0 Å². The molecule has 6 heteroatoms. The molecular weight excluding hydrogens is 252 g/mol. The molecule has 0 heterocycles. The number of hydrogen-bond donors (Lipinski definition) is 0. The molecule has 1 rings (SSSR count). The highest BCUT2D eigenvalue weighted by atomic mass is 19.4. The molecule has 0 unspecified atom stereocenters. The molecule has 0 aliphatic carbocycles. The summed E-state index contributed by atoms with van der Waals surface area (Å²) < 4.78 is 54.3. The van der Waals surface area contributed by atoms with Gasteiger partial charge in [-0.25, -0.2) is 4.79 Å². The molecule has 0 aromatic heterocycles. The lowest BCUT2D eigenvalue weighted by Gasteiger charge is -2.06. The molecule has 0 spiro atoms. The Kier molecular flexibility index (Phi) is 4.47. The van der Waals surface area contributed by atoms with Crippen LogP contribution < -0.4 is 0 Å². The lowest BCUT2D eigenvalue weighted by molar-refractivity contribution is -0.140. The second kappa shape index (κ2) is 5.66. The van der Waals surface area contributed by atoms with Crippen LogP contribution in [-0.2, 0) is 15.7 Å². The van der Waals surface area contributed by atoms with Crippen molar-refractivity contribution in [3.05, 3.63) is 41.2 Å². The zero-order chi connectivity index (χ0) is 13.8. The molecule has 0 bridgehead atoms. The molecule has 1 aromatic rings. The van der Waals surface area contributed by atoms with E-state index in [4.69, 9.17) is 0 Å². The molecule has 0 aliphatic rings. The molecule has 0 radical (unpaired) electrons. The fraction of sp³-hybridized carbons (Fsp3) is 0.250. The van der Waals surface area contributed by atoms with Crippen molar-refractivity contribution in [2.75, 3.05) is 6.61 Å². The van der Waals surface area contributed by atoms with Crippen LogP contribution in [0.4, 0.5) is 17.6 Å². The van der Waals surface area contributed by atoms with Gasteiger partial charge in [0.2, 0.25) is 5.83 Å². The van der Waals surface area contributed by atoms with Gasteiger partial charge in [0.1, 0.15) is 0 Å². The number of halogens is 4.